The van der Waals surface area contributed by atoms with Crippen LogP contribution in [-0.2, 0) is 14.3 Å². The Morgan fingerprint density at radius 1 is 1.42 bits per heavy atom. The van der Waals surface area contributed by atoms with Crippen LogP contribution in [0.25, 0.3) is 0 Å². The summed E-state index contributed by atoms with van der Waals surface area (Å²) in [6.45, 7) is 3.95. The Labute approximate surface area is 114 Å². The summed E-state index contributed by atoms with van der Waals surface area (Å²) in [5.41, 5.74) is 0. The van der Waals surface area contributed by atoms with Gasteiger partial charge < -0.3 is 15.0 Å². The van der Waals surface area contributed by atoms with E-state index in [2.05, 4.69) is 17.5 Å². The summed E-state index contributed by atoms with van der Waals surface area (Å²) < 4.78 is 5.06. The maximum absolute atomic E-state index is 12.5. The van der Waals surface area contributed by atoms with Gasteiger partial charge in [0.2, 0.25) is 5.91 Å². The van der Waals surface area contributed by atoms with E-state index in [1.165, 1.54) is 0 Å². The van der Waals surface area contributed by atoms with Gasteiger partial charge in [-0.05, 0) is 26.2 Å². The molecule has 0 saturated carbocycles. The van der Waals surface area contributed by atoms with E-state index < -0.39 is 6.04 Å². The lowest BCUT2D eigenvalue weighted by atomic mass is 9.92. The molecule has 0 aromatic carbocycles. The quantitative estimate of drug-likeness (QED) is 0.603. The molecule has 5 nitrogen and oxygen atoms in total. The number of nitrogens with zero attached hydrogens (tertiary/aromatic N) is 1. The molecular weight excluding hydrogens is 244 g/mol. The summed E-state index contributed by atoms with van der Waals surface area (Å²) in [5, 5.41) is 3.15. The van der Waals surface area contributed by atoms with E-state index in [1.807, 2.05) is 0 Å². The average molecular weight is 266 g/mol. The Bertz CT molecular complexity index is 368. The van der Waals surface area contributed by atoms with E-state index >= 15 is 0 Å². The molecule has 1 amide bonds. The lowest BCUT2D eigenvalue weighted by molar-refractivity contribution is -0.157. The molecule has 2 unspecified atom stereocenters. The molecule has 2 aliphatic rings. The Morgan fingerprint density at radius 3 is 2.95 bits per heavy atom. The predicted molar refractivity (Wildman–Crippen MR) is 71.5 cm³/mol. The van der Waals surface area contributed by atoms with Crippen molar-refractivity contribution in [3.05, 3.63) is 12.2 Å². The minimum absolute atomic E-state index is 0.0278. The molecule has 19 heavy (non-hydrogen) atoms. The molecule has 1 fully saturated rings. The van der Waals surface area contributed by atoms with E-state index in [1.54, 1.807) is 11.8 Å². The van der Waals surface area contributed by atoms with Gasteiger partial charge in [0.25, 0.3) is 0 Å². The SMILES string of the molecule is CCOC(=O)C1CNCCN1C(=O)C1CC=CCC1. The monoisotopic (exact) mass is 266 g/mol. The minimum atomic E-state index is -0.466. The highest BCUT2D eigenvalue weighted by atomic mass is 16.5. The Balaban J connectivity index is 2.03. The lowest BCUT2D eigenvalue weighted by Gasteiger charge is -2.37. The molecule has 1 heterocycles. The first-order valence-corrected chi connectivity index (χ1v) is 7.07. The number of hydrogen-bond donors (Lipinski definition) is 1. The van der Waals surface area contributed by atoms with Crippen LogP contribution in [0.2, 0.25) is 0 Å². The zero-order valence-electron chi connectivity index (χ0n) is 11.4. The molecule has 0 aromatic heterocycles. The van der Waals surface area contributed by atoms with Crippen LogP contribution in [0, 0.1) is 5.92 Å². The van der Waals surface area contributed by atoms with Gasteiger partial charge >= 0.3 is 5.97 Å². The van der Waals surface area contributed by atoms with Crippen molar-refractivity contribution in [1.29, 1.82) is 0 Å². The number of amides is 1. The number of piperazine rings is 1. The van der Waals surface area contributed by atoms with Crippen LogP contribution in [0.3, 0.4) is 0 Å². The molecule has 1 saturated heterocycles. The van der Waals surface area contributed by atoms with Crippen molar-refractivity contribution in [2.75, 3.05) is 26.2 Å². The zero-order chi connectivity index (χ0) is 13.7. The van der Waals surface area contributed by atoms with Gasteiger partial charge in [0, 0.05) is 25.6 Å². The molecule has 1 N–H and O–H groups in total. The average Bonchev–Trinajstić information content (AvgIpc) is 2.47. The smallest absolute Gasteiger partial charge is 0.330 e. The number of ether oxygens (including phenoxy) is 1. The number of hydrogen-bond acceptors (Lipinski definition) is 4. The van der Waals surface area contributed by atoms with Crippen molar-refractivity contribution in [1.82, 2.24) is 10.2 Å². The molecule has 0 spiro atoms. The van der Waals surface area contributed by atoms with Crippen LogP contribution < -0.4 is 5.32 Å². The first-order valence-electron chi connectivity index (χ1n) is 7.07. The Kier molecular flexibility index (Phi) is 4.96. The highest BCUT2D eigenvalue weighted by molar-refractivity contribution is 5.86. The largest absolute Gasteiger partial charge is 0.464 e. The molecule has 5 heteroatoms. The molecule has 0 aromatic rings. The molecular formula is C14H22N2O3. The summed E-state index contributed by atoms with van der Waals surface area (Å²) in [7, 11) is 0. The van der Waals surface area contributed by atoms with E-state index in [9.17, 15) is 9.59 Å². The molecule has 2 rings (SSSR count). The van der Waals surface area contributed by atoms with Gasteiger partial charge in [-0.15, -0.1) is 0 Å². The second-order valence-corrected chi connectivity index (χ2v) is 4.98. The van der Waals surface area contributed by atoms with Crippen molar-refractivity contribution >= 4 is 11.9 Å². The molecule has 2 atom stereocenters. The number of carbonyl (C=O) groups is 2. The van der Waals surface area contributed by atoms with Crippen LogP contribution in [0.5, 0.6) is 0 Å². The normalized spacial score (nSPS) is 27.1. The Hall–Kier alpha value is -1.36. The minimum Gasteiger partial charge on any atom is -0.464 e. The van der Waals surface area contributed by atoms with E-state index in [0.29, 0.717) is 19.7 Å². The Morgan fingerprint density at radius 2 is 2.26 bits per heavy atom. The molecule has 1 aliphatic heterocycles. The molecule has 0 bridgehead atoms. The van der Waals surface area contributed by atoms with Crippen molar-refractivity contribution in [2.24, 2.45) is 5.92 Å². The lowest BCUT2D eigenvalue weighted by Crippen LogP contribution is -2.58. The zero-order valence-corrected chi connectivity index (χ0v) is 11.4. The van der Waals surface area contributed by atoms with Gasteiger partial charge in [-0.25, -0.2) is 4.79 Å². The second kappa shape index (κ2) is 6.70. The fraction of sp³-hybridized carbons (Fsp3) is 0.714. The first kappa shape index (κ1) is 14.1. The van der Waals surface area contributed by atoms with E-state index in [0.717, 1.165) is 25.8 Å². The first-order chi connectivity index (χ1) is 9.24. The summed E-state index contributed by atoms with van der Waals surface area (Å²) in [4.78, 5) is 26.2. The number of allylic oxidation sites excluding steroid dienone is 2. The van der Waals surface area contributed by atoms with Crippen LogP contribution in [0.15, 0.2) is 12.2 Å². The van der Waals surface area contributed by atoms with Gasteiger partial charge in [-0.1, -0.05) is 12.2 Å². The summed E-state index contributed by atoms with van der Waals surface area (Å²) >= 11 is 0. The van der Waals surface area contributed by atoms with Crippen molar-refractivity contribution < 1.29 is 14.3 Å². The number of esters is 1. The number of carbonyl (C=O) groups excluding carboxylic acids is 2. The van der Waals surface area contributed by atoms with Gasteiger partial charge in [-0.2, -0.15) is 0 Å². The number of rotatable bonds is 3. The third-order valence-corrected chi connectivity index (χ3v) is 3.70. The van der Waals surface area contributed by atoms with Crippen LogP contribution in [-0.4, -0.2) is 49.1 Å². The topological polar surface area (TPSA) is 58.6 Å². The van der Waals surface area contributed by atoms with Crippen molar-refractivity contribution in [2.45, 2.75) is 32.2 Å². The maximum atomic E-state index is 12.5. The van der Waals surface area contributed by atoms with Gasteiger partial charge in [0.1, 0.15) is 6.04 Å². The third-order valence-electron chi connectivity index (χ3n) is 3.70. The molecule has 106 valence electrons. The molecule has 0 radical (unpaired) electrons. The second-order valence-electron chi connectivity index (χ2n) is 4.98. The highest BCUT2D eigenvalue weighted by Gasteiger charge is 2.35. The van der Waals surface area contributed by atoms with Crippen LogP contribution in [0.4, 0.5) is 0 Å². The summed E-state index contributed by atoms with van der Waals surface area (Å²) in [6, 6.07) is -0.466. The fourth-order valence-electron chi connectivity index (χ4n) is 2.67. The standard InChI is InChI=1S/C14H22N2O3/c1-2-19-14(18)12-10-15-8-9-16(12)13(17)11-6-4-3-5-7-11/h3-4,11-12,15H,2,5-10H2,1H3. The summed E-state index contributed by atoms with van der Waals surface area (Å²) in [5.74, 6) is -0.168. The van der Waals surface area contributed by atoms with E-state index in [4.69, 9.17) is 4.74 Å². The van der Waals surface area contributed by atoms with Crippen LogP contribution >= 0.6 is 0 Å². The van der Waals surface area contributed by atoms with Gasteiger partial charge in [0.15, 0.2) is 0 Å². The van der Waals surface area contributed by atoms with Gasteiger partial charge in [0.05, 0.1) is 6.61 Å². The highest BCUT2D eigenvalue weighted by Crippen LogP contribution is 2.22. The summed E-state index contributed by atoms with van der Waals surface area (Å²) in [6.07, 6.45) is 6.80. The maximum Gasteiger partial charge on any atom is 0.330 e. The van der Waals surface area contributed by atoms with Crippen molar-refractivity contribution in [3.63, 3.8) is 0 Å². The van der Waals surface area contributed by atoms with Crippen molar-refractivity contribution in [3.8, 4) is 0 Å². The molecule has 1 aliphatic carbocycles. The predicted octanol–water partition coefficient (Wildman–Crippen LogP) is 0.706. The van der Waals surface area contributed by atoms with E-state index in [-0.39, 0.29) is 17.8 Å². The van der Waals surface area contributed by atoms with Gasteiger partial charge in [-0.3, -0.25) is 4.79 Å². The fourth-order valence-corrected chi connectivity index (χ4v) is 2.67. The number of nitrogens with one attached hydrogen (secondary N) is 1. The van der Waals surface area contributed by atoms with Crippen LogP contribution in [0.1, 0.15) is 26.2 Å². The third kappa shape index (κ3) is 3.35.